The van der Waals surface area contributed by atoms with E-state index in [-0.39, 0.29) is 11.8 Å². The molecule has 2 atom stereocenters. The average Bonchev–Trinajstić information content (AvgIpc) is 2.44. The molecule has 2 amide bonds. The van der Waals surface area contributed by atoms with Crippen LogP contribution in [0.15, 0.2) is 28.7 Å². The highest BCUT2D eigenvalue weighted by Crippen LogP contribution is 2.20. The Kier molecular flexibility index (Phi) is 5.97. The normalized spacial score (nSPS) is 22.1. The van der Waals surface area contributed by atoms with Gasteiger partial charge in [-0.3, -0.25) is 25.3 Å². The lowest BCUT2D eigenvalue weighted by atomic mass is 9.92. The number of hydrogen-bond donors (Lipinski definition) is 2. The molecule has 2 rings (SSSR count). The van der Waals surface area contributed by atoms with Crippen molar-refractivity contribution >= 4 is 27.7 Å². The van der Waals surface area contributed by atoms with E-state index in [9.17, 15) is 9.59 Å². The Morgan fingerprint density at radius 1 is 1.18 bits per heavy atom. The van der Waals surface area contributed by atoms with Gasteiger partial charge in [0.05, 0.1) is 12.1 Å². The number of rotatable bonds is 3. The van der Waals surface area contributed by atoms with Gasteiger partial charge >= 0.3 is 0 Å². The molecule has 0 aromatic heterocycles. The molecule has 1 aromatic carbocycles. The van der Waals surface area contributed by atoms with E-state index in [1.807, 2.05) is 6.07 Å². The number of carbonyl (C=O) groups is 2. The van der Waals surface area contributed by atoms with E-state index in [0.717, 1.165) is 13.1 Å². The van der Waals surface area contributed by atoms with Crippen LogP contribution in [0.4, 0.5) is 0 Å². The summed E-state index contributed by atoms with van der Waals surface area (Å²) in [6.45, 7) is 6.57. The van der Waals surface area contributed by atoms with Gasteiger partial charge in [0.1, 0.15) is 0 Å². The number of likely N-dealkylation sites (tertiary alicyclic amines) is 1. The molecule has 0 saturated carbocycles. The molecule has 1 aromatic rings. The van der Waals surface area contributed by atoms with Crippen molar-refractivity contribution in [2.75, 3.05) is 19.6 Å². The third-order valence-corrected chi connectivity index (χ3v) is 4.44. The van der Waals surface area contributed by atoms with Crippen LogP contribution < -0.4 is 10.9 Å². The molecular formula is C16H22BrN3O2. The molecule has 6 heteroatoms. The Morgan fingerprint density at radius 2 is 1.82 bits per heavy atom. The molecule has 1 fully saturated rings. The van der Waals surface area contributed by atoms with Gasteiger partial charge in [0, 0.05) is 17.6 Å². The van der Waals surface area contributed by atoms with Gasteiger partial charge in [0.25, 0.3) is 11.8 Å². The second-order valence-corrected chi connectivity index (χ2v) is 6.98. The zero-order chi connectivity index (χ0) is 16.1. The fraction of sp³-hybridized carbons (Fsp3) is 0.500. The molecule has 5 nitrogen and oxygen atoms in total. The van der Waals surface area contributed by atoms with Gasteiger partial charge in [0.15, 0.2) is 0 Å². The zero-order valence-electron chi connectivity index (χ0n) is 12.9. The van der Waals surface area contributed by atoms with Crippen LogP contribution in [0.2, 0.25) is 0 Å². The molecule has 1 aliphatic rings. The summed E-state index contributed by atoms with van der Waals surface area (Å²) in [6, 6.07) is 7.09. The van der Waals surface area contributed by atoms with Crippen LogP contribution in [-0.2, 0) is 4.79 Å². The summed E-state index contributed by atoms with van der Waals surface area (Å²) in [4.78, 5) is 26.1. The third-order valence-electron chi connectivity index (χ3n) is 3.75. The first-order chi connectivity index (χ1) is 10.5. The van der Waals surface area contributed by atoms with Gasteiger partial charge in [-0.1, -0.05) is 26.0 Å². The number of amides is 2. The molecule has 0 radical (unpaired) electrons. The smallest absolute Gasteiger partial charge is 0.270 e. The molecule has 1 aliphatic heterocycles. The number of halogens is 1. The average molecular weight is 368 g/mol. The third kappa shape index (κ3) is 4.81. The number of piperidine rings is 1. The van der Waals surface area contributed by atoms with Crippen molar-refractivity contribution in [3.63, 3.8) is 0 Å². The molecule has 0 unspecified atom stereocenters. The number of nitrogens with zero attached hydrogens (tertiary/aromatic N) is 1. The highest BCUT2D eigenvalue weighted by Gasteiger charge is 2.23. The first-order valence-electron chi connectivity index (χ1n) is 7.51. The van der Waals surface area contributed by atoms with Crippen molar-refractivity contribution < 1.29 is 9.59 Å². The predicted octanol–water partition coefficient (Wildman–Crippen LogP) is 2.19. The minimum Gasteiger partial charge on any atom is -0.294 e. The predicted molar refractivity (Wildman–Crippen MR) is 89.1 cm³/mol. The van der Waals surface area contributed by atoms with Gasteiger partial charge < -0.3 is 0 Å². The van der Waals surface area contributed by atoms with E-state index in [2.05, 4.69) is 45.5 Å². The molecule has 0 bridgehead atoms. The first kappa shape index (κ1) is 17.0. The van der Waals surface area contributed by atoms with Gasteiger partial charge in [-0.25, -0.2) is 0 Å². The van der Waals surface area contributed by atoms with E-state index in [0.29, 0.717) is 28.4 Å². The van der Waals surface area contributed by atoms with Crippen LogP contribution in [0.25, 0.3) is 0 Å². The van der Waals surface area contributed by atoms with Crippen molar-refractivity contribution in [2.24, 2.45) is 11.8 Å². The van der Waals surface area contributed by atoms with E-state index in [4.69, 9.17) is 0 Å². The van der Waals surface area contributed by atoms with Gasteiger partial charge in [-0.15, -0.1) is 0 Å². The van der Waals surface area contributed by atoms with Crippen LogP contribution in [-0.4, -0.2) is 36.3 Å². The molecular weight excluding hydrogens is 346 g/mol. The van der Waals surface area contributed by atoms with E-state index < -0.39 is 0 Å². The molecule has 120 valence electrons. The fourth-order valence-corrected chi connectivity index (χ4v) is 3.47. The molecule has 2 N–H and O–H groups in total. The maximum absolute atomic E-state index is 12.0. The zero-order valence-corrected chi connectivity index (χ0v) is 14.5. The Morgan fingerprint density at radius 3 is 2.45 bits per heavy atom. The highest BCUT2D eigenvalue weighted by atomic mass is 79.9. The largest absolute Gasteiger partial charge is 0.294 e. The van der Waals surface area contributed by atoms with Crippen molar-refractivity contribution in [3.8, 4) is 0 Å². The Balaban J connectivity index is 1.80. The lowest BCUT2D eigenvalue weighted by Crippen LogP contribution is -2.49. The number of nitrogens with one attached hydrogen (secondary N) is 2. The second kappa shape index (κ2) is 7.74. The van der Waals surface area contributed by atoms with Crippen molar-refractivity contribution in [1.29, 1.82) is 0 Å². The highest BCUT2D eigenvalue weighted by molar-refractivity contribution is 9.10. The Bertz CT molecular complexity index is 540. The monoisotopic (exact) mass is 367 g/mol. The quantitative estimate of drug-likeness (QED) is 0.804. The number of carbonyl (C=O) groups excluding carboxylic acids is 2. The molecule has 1 heterocycles. The maximum Gasteiger partial charge on any atom is 0.270 e. The minimum atomic E-state index is -0.332. The summed E-state index contributed by atoms with van der Waals surface area (Å²) >= 11 is 3.31. The maximum atomic E-state index is 12.0. The van der Waals surface area contributed by atoms with E-state index in [1.54, 1.807) is 18.2 Å². The van der Waals surface area contributed by atoms with Crippen LogP contribution in [0.5, 0.6) is 0 Å². The van der Waals surface area contributed by atoms with Crippen LogP contribution >= 0.6 is 15.9 Å². The van der Waals surface area contributed by atoms with Crippen LogP contribution in [0.3, 0.4) is 0 Å². The number of hydrogen-bond acceptors (Lipinski definition) is 3. The fourth-order valence-electron chi connectivity index (χ4n) is 3.00. The molecule has 22 heavy (non-hydrogen) atoms. The lowest BCUT2D eigenvalue weighted by molar-refractivity contribution is -0.123. The molecule has 1 saturated heterocycles. The summed E-state index contributed by atoms with van der Waals surface area (Å²) < 4.78 is 0.695. The van der Waals surface area contributed by atoms with E-state index >= 15 is 0 Å². The first-order valence-corrected chi connectivity index (χ1v) is 8.31. The molecule has 0 aliphatic carbocycles. The Labute approximate surface area is 139 Å². The Hall–Kier alpha value is -1.40. The summed E-state index contributed by atoms with van der Waals surface area (Å²) in [5, 5.41) is 0. The summed E-state index contributed by atoms with van der Waals surface area (Å²) in [7, 11) is 0. The minimum absolute atomic E-state index is 0.193. The van der Waals surface area contributed by atoms with Gasteiger partial charge in [-0.05, 0) is 46.3 Å². The number of hydrazine groups is 1. The lowest BCUT2D eigenvalue weighted by Gasteiger charge is -2.34. The SMILES string of the molecule is C[C@@H]1C[C@H](C)CN(CC(=O)NNC(=O)c2ccccc2Br)C1. The van der Waals surface area contributed by atoms with Crippen LogP contribution in [0, 0.1) is 11.8 Å². The van der Waals surface area contributed by atoms with Gasteiger partial charge in [0.2, 0.25) is 0 Å². The van der Waals surface area contributed by atoms with E-state index in [1.165, 1.54) is 6.42 Å². The van der Waals surface area contributed by atoms with Crippen molar-refractivity contribution in [3.05, 3.63) is 34.3 Å². The van der Waals surface area contributed by atoms with Crippen LogP contribution in [0.1, 0.15) is 30.6 Å². The topological polar surface area (TPSA) is 61.4 Å². The second-order valence-electron chi connectivity index (χ2n) is 6.12. The van der Waals surface area contributed by atoms with Gasteiger partial charge in [-0.2, -0.15) is 0 Å². The number of benzene rings is 1. The summed E-state index contributed by atoms with van der Waals surface area (Å²) in [5.74, 6) is 0.681. The molecule has 0 spiro atoms. The van der Waals surface area contributed by atoms with Crippen molar-refractivity contribution in [1.82, 2.24) is 15.8 Å². The summed E-state index contributed by atoms with van der Waals surface area (Å²) in [5.41, 5.74) is 5.43. The standard InChI is InChI=1S/C16H22BrN3O2/c1-11-7-12(2)9-20(8-11)10-15(21)18-19-16(22)13-5-3-4-6-14(13)17/h3-6,11-12H,7-10H2,1-2H3,(H,18,21)(H,19,22)/t11-,12+. The summed E-state index contributed by atoms with van der Waals surface area (Å²) in [6.07, 6.45) is 1.21. The van der Waals surface area contributed by atoms with Crippen molar-refractivity contribution in [2.45, 2.75) is 20.3 Å².